The van der Waals surface area contributed by atoms with Crippen molar-refractivity contribution in [3.05, 3.63) is 0 Å². The molecule has 0 bridgehead atoms. The maximum atomic E-state index is 11.3. The number of hydrogen-bond acceptors (Lipinski definition) is 2. The quantitative estimate of drug-likeness (QED) is 0.562. The molecule has 0 aromatic carbocycles. The van der Waals surface area contributed by atoms with Gasteiger partial charge in [0.25, 0.3) is 15.5 Å². The van der Waals surface area contributed by atoms with E-state index in [1.807, 2.05) is 0 Å². The predicted octanol–water partition coefficient (Wildman–Crippen LogP) is 1.79. The molecule has 0 aromatic rings. The first-order valence-electron chi connectivity index (χ1n) is 3.75. The summed E-state index contributed by atoms with van der Waals surface area (Å²) >= 11 is 15.8. The van der Waals surface area contributed by atoms with Crippen LogP contribution in [0.1, 0.15) is 13.8 Å². The summed E-state index contributed by atoms with van der Waals surface area (Å²) in [6, 6.07) is 0. The molecule has 1 amide bonds. The Hall–Kier alpha value is 0.01000. The molecular weight excluding hydrogens is 236 g/mol. The van der Waals surface area contributed by atoms with Gasteiger partial charge in [0, 0.05) is 13.1 Å². The Morgan fingerprint density at radius 1 is 1.15 bits per heavy atom. The number of halogens is 3. The van der Waals surface area contributed by atoms with E-state index in [1.54, 1.807) is 13.8 Å². The molecule has 0 N–H and O–H groups in total. The van der Waals surface area contributed by atoms with Gasteiger partial charge in [-0.3, -0.25) is 9.59 Å². The lowest BCUT2D eigenvalue weighted by molar-refractivity contribution is -0.143. The van der Waals surface area contributed by atoms with Gasteiger partial charge < -0.3 is 4.90 Å². The fourth-order valence-corrected chi connectivity index (χ4v) is 1.02. The summed E-state index contributed by atoms with van der Waals surface area (Å²) in [6.07, 6.45) is 0. The summed E-state index contributed by atoms with van der Waals surface area (Å²) in [7, 11) is 0. The molecule has 0 unspecified atom stereocenters. The first-order chi connectivity index (χ1) is 5.84. The van der Waals surface area contributed by atoms with Crippen LogP contribution in [0.3, 0.4) is 0 Å². The number of Topliss-reactive ketones (excluding diaryl/α,β-unsaturated/α-hetero) is 1. The number of amides is 1. The Morgan fingerprint density at radius 3 is 1.77 bits per heavy atom. The van der Waals surface area contributed by atoms with E-state index in [4.69, 9.17) is 34.8 Å². The maximum Gasteiger partial charge on any atom is 0.294 e. The van der Waals surface area contributed by atoms with Crippen molar-refractivity contribution in [1.82, 2.24) is 4.90 Å². The molecule has 76 valence electrons. The van der Waals surface area contributed by atoms with E-state index in [-0.39, 0.29) is 0 Å². The third-order valence-electron chi connectivity index (χ3n) is 1.50. The molecule has 0 aliphatic heterocycles. The molecule has 3 nitrogen and oxygen atoms in total. The van der Waals surface area contributed by atoms with E-state index in [1.165, 1.54) is 4.90 Å². The maximum absolute atomic E-state index is 11.3. The molecule has 0 rings (SSSR count). The van der Waals surface area contributed by atoms with Crippen molar-refractivity contribution in [3.8, 4) is 0 Å². The molecule has 13 heavy (non-hydrogen) atoms. The highest BCUT2D eigenvalue weighted by molar-refractivity contribution is 6.81. The number of nitrogens with zero attached hydrogens (tertiary/aromatic N) is 1. The molecule has 6 heteroatoms. The second-order valence-corrected chi connectivity index (χ2v) is 4.59. The molecule has 0 saturated heterocycles. The number of carbonyl (C=O) groups is 2. The van der Waals surface area contributed by atoms with Crippen LogP contribution in [0.25, 0.3) is 0 Å². The third kappa shape index (κ3) is 3.71. The van der Waals surface area contributed by atoms with Crippen LogP contribution in [0.5, 0.6) is 0 Å². The summed E-state index contributed by atoms with van der Waals surface area (Å²) in [5.74, 6) is -1.77. The van der Waals surface area contributed by atoms with Crippen LogP contribution >= 0.6 is 34.8 Å². The Bertz CT molecular complexity index is 208. The molecule has 0 fully saturated rings. The van der Waals surface area contributed by atoms with Gasteiger partial charge in [-0.1, -0.05) is 34.8 Å². The van der Waals surface area contributed by atoms with Crippen LogP contribution < -0.4 is 0 Å². The van der Waals surface area contributed by atoms with Crippen LogP contribution in [0.4, 0.5) is 0 Å². The molecule has 0 heterocycles. The summed E-state index contributed by atoms with van der Waals surface area (Å²) in [6.45, 7) is 4.32. The van der Waals surface area contributed by atoms with Gasteiger partial charge in [-0.05, 0) is 13.8 Å². The van der Waals surface area contributed by atoms with Crippen LogP contribution in [0.2, 0.25) is 0 Å². The zero-order valence-corrected chi connectivity index (χ0v) is 9.58. The van der Waals surface area contributed by atoms with Crippen LogP contribution in [-0.2, 0) is 9.59 Å². The van der Waals surface area contributed by atoms with Crippen molar-refractivity contribution in [1.29, 1.82) is 0 Å². The Morgan fingerprint density at radius 2 is 1.54 bits per heavy atom. The van der Waals surface area contributed by atoms with E-state index in [9.17, 15) is 9.59 Å². The van der Waals surface area contributed by atoms with Crippen LogP contribution in [0, 0.1) is 0 Å². The summed E-state index contributed by atoms with van der Waals surface area (Å²) in [4.78, 5) is 23.7. The second kappa shape index (κ2) is 5.03. The SMILES string of the molecule is CCN(CC)C(=O)C(=O)C(Cl)(Cl)Cl. The smallest absolute Gasteiger partial charge is 0.294 e. The first kappa shape index (κ1) is 13.0. The largest absolute Gasteiger partial charge is 0.337 e. The van der Waals surface area contributed by atoms with Crippen molar-refractivity contribution in [3.63, 3.8) is 0 Å². The molecule has 0 spiro atoms. The van der Waals surface area contributed by atoms with Gasteiger partial charge in [-0.2, -0.15) is 0 Å². The van der Waals surface area contributed by atoms with Gasteiger partial charge in [0.05, 0.1) is 0 Å². The van der Waals surface area contributed by atoms with Crippen molar-refractivity contribution < 1.29 is 9.59 Å². The van der Waals surface area contributed by atoms with Gasteiger partial charge in [-0.15, -0.1) is 0 Å². The summed E-state index contributed by atoms with van der Waals surface area (Å²) < 4.78 is -2.15. The zero-order valence-electron chi connectivity index (χ0n) is 7.31. The number of ketones is 1. The van der Waals surface area contributed by atoms with Gasteiger partial charge in [0.1, 0.15) is 0 Å². The number of likely N-dealkylation sites (N-methyl/N-ethyl adjacent to an activating group) is 1. The van der Waals surface area contributed by atoms with E-state index in [0.29, 0.717) is 13.1 Å². The van der Waals surface area contributed by atoms with Crippen LogP contribution in [0.15, 0.2) is 0 Å². The minimum absolute atomic E-state index is 0.418. The highest BCUT2D eigenvalue weighted by Crippen LogP contribution is 2.27. The Balaban J connectivity index is 4.51. The number of rotatable bonds is 3. The number of carbonyl (C=O) groups excluding carboxylic acids is 2. The Kier molecular flexibility index (Phi) is 5.04. The van der Waals surface area contributed by atoms with Crippen molar-refractivity contribution in [2.75, 3.05) is 13.1 Å². The van der Waals surface area contributed by atoms with Gasteiger partial charge in [-0.25, -0.2) is 0 Å². The summed E-state index contributed by atoms with van der Waals surface area (Å²) in [5.41, 5.74) is 0. The lowest BCUT2D eigenvalue weighted by atomic mass is 10.3. The molecule has 0 saturated carbocycles. The van der Waals surface area contributed by atoms with Crippen molar-refractivity contribution in [2.45, 2.75) is 17.6 Å². The predicted molar refractivity (Wildman–Crippen MR) is 53.2 cm³/mol. The van der Waals surface area contributed by atoms with Crippen molar-refractivity contribution in [2.24, 2.45) is 0 Å². The average Bonchev–Trinajstić information content (AvgIpc) is 2.03. The highest BCUT2D eigenvalue weighted by Gasteiger charge is 2.37. The number of alkyl halides is 3. The van der Waals surface area contributed by atoms with E-state index < -0.39 is 15.5 Å². The van der Waals surface area contributed by atoms with Gasteiger partial charge in [0.2, 0.25) is 0 Å². The normalized spacial score (nSPS) is 11.2. The minimum atomic E-state index is -2.15. The number of hydrogen-bond donors (Lipinski definition) is 0. The fourth-order valence-electron chi connectivity index (χ4n) is 0.776. The highest BCUT2D eigenvalue weighted by atomic mass is 35.6. The molecule has 0 atom stereocenters. The Labute approximate surface area is 91.9 Å². The average molecular weight is 247 g/mol. The molecule has 0 aromatic heterocycles. The van der Waals surface area contributed by atoms with Gasteiger partial charge >= 0.3 is 0 Å². The first-order valence-corrected chi connectivity index (χ1v) is 4.88. The van der Waals surface area contributed by atoms with E-state index >= 15 is 0 Å². The minimum Gasteiger partial charge on any atom is -0.337 e. The topological polar surface area (TPSA) is 37.4 Å². The molecule has 0 radical (unpaired) electrons. The molecular formula is C7H10Cl3NO2. The lowest BCUT2D eigenvalue weighted by Gasteiger charge is -2.19. The molecule has 0 aliphatic carbocycles. The summed E-state index contributed by atoms with van der Waals surface area (Å²) in [5, 5.41) is 0. The third-order valence-corrected chi connectivity index (χ3v) is 2.02. The second-order valence-electron chi connectivity index (χ2n) is 2.30. The molecule has 0 aliphatic rings. The fraction of sp³-hybridized carbons (Fsp3) is 0.714. The monoisotopic (exact) mass is 245 g/mol. The van der Waals surface area contributed by atoms with E-state index in [2.05, 4.69) is 0 Å². The van der Waals surface area contributed by atoms with Crippen molar-refractivity contribution >= 4 is 46.5 Å². The zero-order chi connectivity index (χ0) is 10.6. The standard InChI is InChI=1S/C7H10Cl3NO2/c1-3-11(4-2)6(13)5(12)7(8,9)10/h3-4H2,1-2H3. The van der Waals surface area contributed by atoms with Crippen LogP contribution in [-0.4, -0.2) is 33.5 Å². The van der Waals surface area contributed by atoms with Gasteiger partial charge in [0.15, 0.2) is 0 Å². The van der Waals surface area contributed by atoms with E-state index in [0.717, 1.165) is 0 Å². The lowest BCUT2D eigenvalue weighted by Crippen LogP contribution is -2.41.